The smallest absolute Gasteiger partial charge is 0.164 e. The minimum absolute atomic E-state index is 0.650. The second-order valence-corrected chi connectivity index (χ2v) is 13.5. The number of thiophene rings is 1. The van der Waals surface area contributed by atoms with E-state index in [2.05, 4.69) is 146 Å². The first-order valence-electron chi connectivity index (χ1n) is 16.4. The second kappa shape index (κ2) is 11.2. The number of benzene rings is 8. The molecule has 3 nitrogen and oxygen atoms in total. The van der Waals surface area contributed by atoms with Gasteiger partial charge in [0.2, 0.25) is 0 Å². The van der Waals surface area contributed by atoms with Crippen LogP contribution in [0, 0.1) is 0 Å². The molecular formula is C45H27N3S. The molecule has 0 saturated heterocycles. The topological polar surface area (TPSA) is 38.7 Å². The molecule has 0 atom stereocenters. The molecule has 0 unspecified atom stereocenters. The maximum Gasteiger partial charge on any atom is 0.164 e. The van der Waals surface area contributed by atoms with E-state index in [4.69, 9.17) is 15.0 Å². The SMILES string of the molecule is c1ccc(-c2nc(-c3cccc(-c4cc5ccc6ccccc6c5c5sc6ccccc6c45)c3)nc(-c3ccc4ccccc4c3)n2)cc1. The molecule has 8 aromatic carbocycles. The quantitative estimate of drug-likeness (QED) is 0.180. The number of hydrogen-bond acceptors (Lipinski definition) is 4. The van der Waals surface area contributed by atoms with Gasteiger partial charge in [0, 0.05) is 42.2 Å². The van der Waals surface area contributed by atoms with Crippen LogP contribution in [0.4, 0.5) is 0 Å². The van der Waals surface area contributed by atoms with Gasteiger partial charge >= 0.3 is 0 Å². The number of aromatic nitrogens is 3. The molecule has 2 aromatic heterocycles. The van der Waals surface area contributed by atoms with Crippen molar-refractivity contribution in [3.63, 3.8) is 0 Å². The molecule has 0 amide bonds. The van der Waals surface area contributed by atoms with Crippen molar-refractivity contribution in [2.75, 3.05) is 0 Å². The van der Waals surface area contributed by atoms with Crippen LogP contribution in [0.15, 0.2) is 164 Å². The van der Waals surface area contributed by atoms with Crippen LogP contribution in [0.5, 0.6) is 0 Å². The van der Waals surface area contributed by atoms with Crippen LogP contribution in [-0.2, 0) is 0 Å². The summed E-state index contributed by atoms with van der Waals surface area (Å²) in [5.41, 5.74) is 5.21. The lowest BCUT2D eigenvalue weighted by molar-refractivity contribution is 1.07. The van der Waals surface area contributed by atoms with E-state index in [9.17, 15) is 0 Å². The third-order valence-corrected chi connectivity index (χ3v) is 10.6. The molecule has 0 aliphatic carbocycles. The second-order valence-electron chi connectivity index (χ2n) is 12.4. The molecule has 10 aromatic rings. The molecule has 10 rings (SSSR count). The van der Waals surface area contributed by atoms with Gasteiger partial charge in [-0.1, -0.05) is 140 Å². The molecule has 4 heteroatoms. The number of hydrogen-bond donors (Lipinski definition) is 0. The van der Waals surface area contributed by atoms with E-state index < -0.39 is 0 Å². The Morgan fingerprint density at radius 1 is 0.347 bits per heavy atom. The molecule has 0 fully saturated rings. The van der Waals surface area contributed by atoms with Gasteiger partial charge in [0.15, 0.2) is 17.5 Å². The van der Waals surface area contributed by atoms with Gasteiger partial charge in [-0.2, -0.15) is 0 Å². The van der Waals surface area contributed by atoms with Crippen LogP contribution >= 0.6 is 11.3 Å². The summed E-state index contributed by atoms with van der Waals surface area (Å²) in [4.78, 5) is 15.2. The molecule has 0 aliphatic heterocycles. The third-order valence-electron chi connectivity index (χ3n) is 9.46. The van der Waals surface area contributed by atoms with Gasteiger partial charge in [0.1, 0.15) is 0 Å². The standard InChI is InChI=1S/C45H27N3S/c1-2-13-30(14-3-1)43-46-44(48-45(47-43)35-24-21-28-11-4-5-15-31(28)25-35)34-17-10-16-32(26-34)38-27-33-23-22-29-12-6-7-18-36(29)40(33)42-41(38)37-19-8-9-20-39(37)49-42/h1-27H. The van der Waals surface area contributed by atoms with Crippen molar-refractivity contribution >= 4 is 63.8 Å². The lowest BCUT2D eigenvalue weighted by atomic mass is 9.92. The van der Waals surface area contributed by atoms with Crippen molar-refractivity contribution in [2.45, 2.75) is 0 Å². The van der Waals surface area contributed by atoms with Crippen LogP contribution in [-0.4, -0.2) is 15.0 Å². The highest BCUT2D eigenvalue weighted by atomic mass is 32.1. The van der Waals surface area contributed by atoms with Crippen molar-refractivity contribution in [3.8, 4) is 45.3 Å². The first-order valence-corrected chi connectivity index (χ1v) is 17.3. The third kappa shape index (κ3) is 4.68. The Balaban J connectivity index is 1.20. The molecule has 0 aliphatic rings. The van der Waals surface area contributed by atoms with E-state index in [1.165, 1.54) is 52.7 Å². The van der Waals surface area contributed by atoms with Gasteiger partial charge in [-0.15, -0.1) is 11.3 Å². The number of rotatable bonds is 4. The highest BCUT2D eigenvalue weighted by Gasteiger charge is 2.18. The average Bonchev–Trinajstić information content (AvgIpc) is 3.57. The van der Waals surface area contributed by atoms with E-state index >= 15 is 0 Å². The molecule has 0 radical (unpaired) electrons. The minimum Gasteiger partial charge on any atom is -0.208 e. The summed E-state index contributed by atoms with van der Waals surface area (Å²) in [7, 11) is 0. The number of fused-ring (bicyclic) bond motifs is 8. The van der Waals surface area contributed by atoms with Gasteiger partial charge in [-0.3, -0.25) is 0 Å². The Morgan fingerprint density at radius 3 is 1.78 bits per heavy atom. The monoisotopic (exact) mass is 641 g/mol. The lowest BCUT2D eigenvalue weighted by Gasteiger charge is -2.13. The Kier molecular flexibility index (Phi) is 6.36. The zero-order chi connectivity index (χ0) is 32.3. The Hall–Kier alpha value is -6.23. The maximum absolute atomic E-state index is 5.11. The van der Waals surface area contributed by atoms with E-state index in [1.807, 2.05) is 29.5 Å². The van der Waals surface area contributed by atoms with Crippen LogP contribution in [0.3, 0.4) is 0 Å². The van der Waals surface area contributed by atoms with Crippen molar-refractivity contribution in [3.05, 3.63) is 164 Å². The number of nitrogens with zero attached hydrogens (tertiary/aromatic N) is 3. The zero-order valence-corrected chi connectivity index (χ0v) is 27.2. The van der Waals surface area contributed by atoms with E-state index in [0.29, 0.717) is 17.5 Å². The zero-order valence-electron chi connectivity index (χ0n) is 26.3. The van der Waals surface area contributed by atoms with Crippen LogP contribution < -0.4 is 0 Å². The van der Waals surface area contributed by atoms with Crippen molar-refractivity contribution in [1.29, 1.82) is 0 Å². The predicted octanol–water partition coefficient (Wildman–Crippen LogP) is 12.4. The van der Waals surface area contributed by atoms with Crippen molar-refractivity contribution in [1.82, 2.24) is 15.0 Å². The summed E-state index contributed by atoms with van der Waals surface area (Å²) in [5.74, 6) is 1.96. The van der Waals surface area contributed by atoms with E-state index in [-0.39, 0.29) is 0 Å². The van der Waals surface area contributed by atoms with Crippen LogP contribution in [0.2, 0.25) is 0 Å². The molecule has 0 N–H and O–H groups in total. The highest BCUT2D eigenvalue weighted by Crippen LogP contribution is 2.46. The summed E-state index contributed by atoms with van der Waals surface area (Å²) in [6, 6.07) is 58.0. The summed E-state index contributed by atoms with van der Waals surface area (Å²) < 4.78 is 2.61. The molecule has 49 heavy (non-hydrogen) atoms. The largest absolute Gasteiger partial charge is 0.208 e. The first-order chi connectivity index (χ1) is 24.3. The summed E-state index contributed by atoms with van der Waals surface area (Å²) >= 11 is 1.88. The van der Waals surface area contributed by atoms with Crippen LogP contribution in [0.25, 0.3) is 97.8 Å². The fourth-order valence-electron chi connectivity index (χ4n) is 7.11. The van der Waals surface area contributed by atoms with Crippen molar-refractivity contribution in [2.24, 2.45) is 0 Å². The molecule has 0 spiro atoms. The first kappa shape index (κ1) is 27.8. The average molecular weight is 642 g/mol. The Labute approximate surface area is 286 Å². The molecule has 0 bridgehead atoms. The fraction of sp³-hybridized carbons (Fsp3) is 0. The highest BCUT2D eigenvalue weighted by molar-refractivity contribution is 7.27. The van der Waals surface area contributed by atoms with Crippen molar-refractivity contribution < 1.29 is 0 Å². The maximum atomic E-state index is 5.11. The predicted molar refractivity (Wildman–Crippen MR) is 207 cm³/mol. The summed E-state index contributed by atoms with van der Waals surface area (Å²) in [5, 5.41) is 10.0. The van der Waals surface area contributed by atoms with Gasteiger partial charge < -0.3 is 0 Å². The minimum atomic E-state index is 0.650. The normalized spacial score (nSPS) is 11.7. The molecule has 2 heterocycles. The molecule has 0 saturated carbocycles. The van der Waals surface area contributed by atoms with Gasteiger partial charge in [0.25, 0.3) is 0 Å². The van der Waals surface area contributed by atoms with Crippen LogP contribution in [0.1, 0.15) is 0 Å². The van der Waals surface area contributed by atoms with Gasteiger partial charge in [0.05, 0.1) is 0 Å². The Morgan fingerprint density at radius 2 is 0.939 bits per heavy atom. The van der Waals surface area contributed by atoms with Gasteiger partial charge in [-0.25, -0.2) is 15.0 Å². The fourth-order valence-corrected chi connectivity index (χ4v) is 8.41. The molecular weight excluding hydrogens is 615 g/mol. The van der Waals surface area contributed by atoms with E-state index in [0.717, 1.165) is 27.6 Å². The molecule has 228 valence electrons. The lowest BCUT2D eigenvalue weighted by Crippen LogP contribution is -2.00. The summed E-state index contributed by atoms with van der Waals surface area (Å²) in [6.45, 7) is 0. The Bertz CT molecular complexity index is 2890. The van der Waals surface area contributed by atoms with E-state index in [1.54, 1.807) is 0 Å². The summed E-state index contributed by atoms with van der Waals surface area (Å²) in [6.07, 6.45) is 0. The van der Waals surface area contributed by atoms with Gasteiger partial charge in [-0.05, 0) is 62.3 Å².